The van der Waals surface area contributed by atoms with Gasteiger partial charge in [-0.2, -0.15) is 0 Å². The molecular formula is C9H10N2O4S2. The summed E-state index contributed by atoms with van der Waals surface area (Å²) in [4.78, 5) is 21.2. The second kappa shape index (κ2) is 6.48. The fourth-order valence-electron chi connectivity index (χ4n) is 0.921. The highest BCUT2D eigenvalue weighted by molar-refractivity contribution is 8.76. The largest absolute Gasteiger partial charge is 0.480 e. The monoisotopic (exact) mass is 274 g/mol. The van der Waals surface area contributed by atoms with E-state index in [-0.39, 0.29) is 11.4 Å². The number of carboxylic acid groups (broad SMARTS) is 1. The molecular weight excluding hydrogens is 264 g/mol. The molecule has 3 N–H and O–H groups in total. The molecule has 0 saturated heterocycles. The summed E-state index contributed by atoms with van der Waals surface area (Å²) in [6.45, 7) is 0. The van der Waals surface area contributed by atoms with Crippen LogP contribution in [0.15, 0.2) is 29.2 Å². The molecule has 0 saturated carbocycles. The van der Waals surface area contributed by atoms with Crippen LogP contribution in [0.2, 0.25) is 0 Å². The van der Waals surface area contributed by atoms with Gasteiger partial charge in [-0.25, -0.2) is 0 Å². The molecule has 0 spiro atoms. The molecule has 1 aromatic carbocycles. The lowest BCUT2D eigenvalue weighted by Gasteiger charge is -2.05. The third-order valence-corrected chi connectivity index (χ3v) is 4.21. The summed E-state index contributed by atoms with van der Waals surface area (Å²) in [6.07, 6.45) is 0. The van der Waals surface area contributed by atoms with Gasteiger partial charge < -0.3 is 10.8 Å². The lowest BCUT2D eigenvalue weighted by atomic mass is 10.3. The predicted octanol–water partition coefficient (Wildman–Crippen LogP) is 1.75. The number of nitrogens with two attached hydrogens (primary N) is 1. The second-order valence-corrected chi connectivity index (χ2v) is 5.42. The van der Waals surface area contributed by atoms with Crippen molar-refractivity contribution in [3.05, 3.63) is 34.4 Å². The molecule has 0 bridgehead atoms. The highest BCUT2D eigenvalue weighted by atomic mass is 33.1. The van der Waals surface area contributed by atoms with E-state index in [0.717, 1.165) is 10.8 Å². The smallest absolute Gasteiger partial charge is 0.321 e. The molecule has 1 aromatic rings. The standard InChI is InChI=1S/C9H10N2O4S2/c10-6(9(12)13)5-16-17-8-4-2-1-3-7(8)11(14)15/h1-4,6H,5,10H2,(H,12,13)/t6-/m0/s1. The van der Waals surface area contributed by atoms with Crippen LogP contribution in [0.25, 0.3) is 0 Å². The van der Waals surface area contributed by atoms with Crippen LogP contribution in [0.4, 0.5) is 5.69 Å². The number of carbonyl (C=O) groups is 1. The number of carboxylic acids is 1. The van der Waals surface area contributed by atoms with Gasteiger partial charge in [-0.15, -0.1) is 0 Å². The number of hydrogen-bond donors (Lipinski definition) is 2. The Hall–Kier alpha value is -1.25. The molecule has 8 heteroatoms. The Labute approximate surface area is 105 Å². The van der Waals surface area contributed by atoms with E-state index >= 15 is 0 Å². The summed E-state index contributed by atoms with van der Waals surface area (Å²) in [5.74, 6) is -0.896. The molecule has 92 valence electrons. The van der Waals surface area contributed by atoms with Crippen molar-refractivity contribution in [1.82, 2.24) is 0 Å². The fraction of sp³-hybridized carbons (Fsp3) is 0.222. The van der Waals surface area contributed by atoms with Gasteiger partial charge in [0.1, 0.15) is 6.04 Å². The van der Waals surface area contributed by atoms with Crippen molar-refractivity contribution in [3.63, 3.8) is 0 Å². The minimum Gasteiger partial charge on any atom is -0.480 e. The normalized spacial score (nSPS) is 12.1. The predicted molar refractivity (Wildman–Crippen MR) is 67.0 cm³/mol. The molecule has 0 unspecified atom stereocenters. The quantitative estimate of drug-likeness (QED) is 0.462. The van der Waals surface area contributed by atoms with Crippen LogP contribution in [-0.4, -0.2) is 27.8 Å². The first-order valence-electron chi connectivity index (χ1n) is 4.53. The second-order valence-electron chi connectivity index (χ2n) is 3.04. The van der Waals surface area contributed by atoms with Gasteiger partial charge in [0.2, 0.25) is 0 Å². The van der Waals surface area contributed by atoms with Crippen LogP contribution in [-0.2, 0) is 4.79 Å². The average molecular weight is 274 g/mol. The Morgan fingerprint density at radius 2 is 2.18 bits per heavy atom. The van der Waals surface area contributed by atoms with Crippen LogP contribution >= 0.6 is 21.6 Å². The minimum absolute atomic E-state index is 0.00824. The van der Waals surface area contributed by atoms with Gasteiger partial charge in [0.15, 0.2) is 0 Å². The molecule has 0 aromatic heterocycles. The van der Waals surface area contributed by atoms with Gasteiger partial charge in [0.05, 0.1) is 9.82 Å². The maximum absolute atomic E-state index is 10.7. The van der Waals surface area contributed by atoms with Crippen LogP contribution in [0.5, 0.6) is 0 Å². The first kappa shape index (κ1) is 13.8. The topological polar surface area (TPSA) is 106 Å². The Bertz CT molecular complexity index is 427. The number of nitro groups is 1. The molecule has 1 rings (SSSR count). The number of hydrogen-bond acceptors (Lipinski definition) is 6. The molecule has 0 aliphatic rings. The molecule has 1 atom stereocenters. The van der Waals surface area contributed by atoms with Gasteiger partial charge in [-0.1, -0.05) is 33.7 Å². The lowest BCUT2D eigenvalue weighted by molar-refractivity contribution is -0.387. The van der Waals surface area contributed by atoms with Crippen LogP contribution in [0.1, 0.15) is 0 Å². The highest BCUT2D eigenvalue weighted by Crippen LogP contribution is 2.37. The van der Waals surface area contributed by atoms with Gasteiger partial charge in [0.25, 0.3) is 5.69 Å². The van der Waals surface area contributed by atoms with Gasteiger partial charge in [-0.3, -0.25) is 14.9 Å². The summed E-state index contributed by atoms with van der Waals surface area (Å²) in [7, 11) is 2.33. The summed E-state index contributed by atoms with van der Waals surface area (Å²) in [5, 5.41) is 19.3. The number of benzene rings is 1. The van der Waals surface area contributed by atoms with Gasteiger partial charge in [-0.05, 0) is 6.07 Å². The number of nitro benzene ring substituents is 1. The number of nitrogens with zero attached hydrogens (tertiary/aromatic N) is 1. The van der Waals surface area contributed by atoms with Crippen LogP contribution < -0.4 is 5.73 Å². The summed E-state index contributed by atoms with van der Waals surface area (Å²) in [6, 6.07) is 5.32. The number of para-hydroxylation sites is 1. The van der Waals surface area contributed by atoms with Crippen molar-refractivity contribution in [3.8, 4) is 0 Å². The van der Waals surface area contributed by atoms with Crippen molar-refractivity contribution in [2.75, 3.05) is 5.75 Å². The van der Waals surface area contributed by atoms with E-state index in [4.69, 9.17) is 10.8 Å². The van der Waals surface area contributed by atoms with E-state index in [9.17, 15) is 14.9 Å². The van der Waals surface area contributed by atoms with Crippen molar-refractivity contribution in [1.29, 1.82) is 0 Å². The zero-order valence-corrected chi connectivity index (χ0v) is 10.2. The number of rotatable bonds is 6. The van der Waals surface area contributed by atoms with E-state index < -0.39 is 16.9 Å². The number of aliphatic carboxylic acids is 1. The van der Waals surface area contributed by atoms with E-state index in [1.54, 1.807) is 18.2 Å². The van der Waals surface area contributed by atoms with Crippen molar-refractivity contribution < 1.29 is 14.8 Å². The van der Waals surface area contributed by atoms with Crippen molar-refractivity contribution in [2.24, 2.45) is 5.73 Å². The van der Waals surface area contributed by atoms with Crippen molar-refractivity contribution >= 4 is 33.2 Å². The average Bonchev–Trinajstić information content (AvgIpc) is 2.29. The maximum Gasteiger partial charge on any atom is 0.321 e. The molecule has 0 fully saturated rings. The molecule has 0 heterocycles. The fourth-order valence-corrected chi connectivity index (χ4v) is 3.21. The molecule has 0 radical (unpaired) electrons. The Morgan fingerprint density at radius 1 is 1.53 bits per heavy atom. The lowest BCUT2D eigenvalue weighted by Crippen LogP contribution is -2.32. The van der Waals surface area contributed by atoms with E-state index in [1.165, 1.54) is 16.9 Å². The Kier molecular flexibility index (Phi) is 5.26. The maximum atomic E-state index is 10.7. The summed E-state index contributed by atoms with van der Waals surface area (Å²) >= 11 is 0. The first-order chi connectivity index (χ1) is 8.02. The highest BCUT2D eigenvalue weighted by Gasteiger charge is 2.15. The Balaban J connectivity index is 2.58. The summed E-state index contributed by atoms with van der Waals surface area (Å²) in [5.41, 5.74) is 5.32. The minimum atomic E-state index is -1.08. The first-order valence-corrected chi connectivity index (χ1v) is 6.85. The summed E-state index contributed by atoms with van der Waals surface area (Å²) < 4.78 is 0. The van der Waals surface area contributed by atoms with E-state index in [2.05, 4.69) is 0 Å². The molecule has 0 amide bonds. The van der Waals surface area contributed by atoms with E-state index in [0.29, 0.717) is 4.90 Å². The van der Waals surface area contributed by atoms with Crippen molar-refractivity contribution in [2.45, 2.75) is 10.9 Å². The molecule has 0 aliphatic carbocycles. The third-order valence-electron chi connectivity index (χ3n) is 1.78. The zero-order valence-electron chi connectivity index (χ0n) is 8.61. The molecule has 0 aliphatic heterocycles. The zero-order chi connectivity index (χ0) is 12.8. The molecule has 6 nitrogen and oxygen atoms in total. The third kappa shape index (κ3) is 4.25. The van der Waals surface area contributed by atoms with Gasteiger partial charge in [0, 0.05) is 11.8 Å². The van der Waals surface area contributed by atoms with Gasteiger partial charge >= 0.3 is 5.97 Å². The SMILES string of the molecule is N[C@@H](CSSc1ccccc1[N+](=O)[O-])C(=O)O. The molecule has 17 heavy (non-hydrogen) atoms. The van der Waals surface area contributed by atoms with E-state index in [1.807, 2.05) is 0 Å². The van der Waals surface area contributed by atoms with Crippen LogP contribution in [0, 0.1) is 10.1 Å². The van der Waals surface area contributed by atoms with Crippen LogP contribution in [0.3, 0.4) is 0 Å². The Morgan fingerprint density at radius 3 is 2.76 bits per heavy atom.